The van der Waals surface area contributed by atoms with Crippen LogP contribution in [-0.4, -0.2) is 23.7 Å². The summed E-state index contributed by atoms with van der Waals surface area (Å²) in [6, 6.07) is 52.8. The van der Waals surface area contributed by atoms with Crippen molar-refractivity contribution in [3.8, 4) is 67.8 Å². The van der Waals surface area contributed by atoms with Crippen LogP contribution in [0.25, 0.3) is 111 Å². The van der Waals surface area contributed by atoms with Gasteiger partial charge in [-0.1, -0.05) is 160 Å². The Morgan fingerprint density at radius 3 is 1.91 bits per heavy atom. The van der Waals surface area contributed by atoms with Crippen LogP contribution < -0.4 is 9.30 Å². The predicted octanol–water partition coefficient (Wildman–Crippen LogP) is 16.4. The molecule has 0 bridgehead atoms. The van der Waals surface area contributed by atoms with Crippen LogP contribution in [0.15, 0.2) is 237 Å². The summed E-state index contributed by atoms with van der Waals surface area (Å²) in [5.74, 6) is 1.45. The SMILES string of the molecule is [2H]c1c([2H])c([2H])c(-c2cccc(-c3c([2H])c([2H])c([2H])c([2H])c3[2H])c2-[n+]2[c-]n(-c3[c-]c(Oc4[c-]c5c(cc4)c4cc(-n6c7ccccc7c7ccccc76)ccc4n5-c4cc(C(C)(C)C)ccn4)ccc3)c3ccc(-c4cccnc4)cc32)c([2H])c1[2H].[Pt]. The van der Waals surface area contributed by atoms with Crippen molar-refractivity contribution in [2.45, 2.75) is 26.2 Å². The van der Waals surface area contributed by atoms with Gasteiger partial charge < -0.3 is 18.4 Å². The third-order valence-corrected chi connectivity index (χ3v) is 14.0. The molecule has 0 N–H and O–H groups in total. The first-order valence-corrected chi connectivity index (χ1v) is 24.8. The van der Waals surface area contributed by atoms with Gasteiger partial charge in [-0.15, -0.1) is 29.7 Å². The molecule has 0 saturated heterocycles. The summed E-state index contributed by atoms with van der Waals surface area (Å²) in [6.07, 6.45) is 8.72. The molecule has 0 fully saturated rings. The van der Waals surface area contributed by atoms with Gasteiger partial charge in [0.05, 0.1) is 41.5 Å². The van der Waals surface area contributed by atoms with E-state index in [0.717, 1.165) is 61.0 Å². The molecule has 0 aliphatic carbocycles. The average molecular weight is 1180 g/mol. The van der Waals surface area contributed by atoms with Crippen molar-refractivity contribution in [3.63, 3.8) is 0 Å². The molecule has 7 nitrogen and oxygen atoms in total. The molecular formula is C69H48N6OPt-2. The summed E-state index contributed by atoms with van der Waals surface area (Å²) in [6.45, 7) is 6.53. The Bertz CT molecular complexity index is 4970. The molecule has 0 unspecified atom stereocenters. The molecule has 77 heavy (non-hydrogen) atoms. The fourth-order valence-electron chi connectivity index (χ4n) is 10.4. The molecule has 0 radical (unpaired) electrons. The number of para-hydroxylation sites is 3. The molecule has 14 rings (SSSR count). The Morgan fingerprint density at radius 1 is 0.532 bits per heavy atom. The average Bonchev–Trinajstić information content (AvgIpc) is 1.73. The standard InChI is InChI=1S/C69H48N6O.Pt/c1-69(2,3)50-36-38-71-67(40-50)75-63-35-31-52(74-61-28-12-10-24-57(61)58-25-11-13-29-62(58)74)42-60(63)59-33-32-54(43-65(59)75)76-53-23-14-22-51(41-53)72-45-73(66-39-48(30-34-64(66)72)49-21-16-37-70-44-49)68-55(46-17-6-4-7-18-46)26-15-27-56(68)47-19-8-5-9-20-47;/h4-40,42,44H,1-3H3;/q-2;/i4D,5D,6D,7D,8D,9D,17D,18D,19D,20D;. The summed E-state index contributed by atoms with van der Waals surface area (Å²) in [5.41, 5.74) is 8.89. The molecule has 8 heteroatoms. The normalized spacial score (nSPS) is 13.5. The molecule has 0 aliphatic heterocycles. The van der Waals surface area contributed by atoms with E-state index in [0.29, 0.717) is 28.2 Å². The molecule has 0 aliphatic rings. The molecule has 14 aromatic rings. The van der Waals surface area contributed by atoms with E-state index in [1.807, 2.05) is 66.9 Å². The van der Waals surface area contributed by atoms with Crippen LogP contribution in [0.5, 0.6) is 11.5 Å². The molecule has 0 saturated carbocycles. The minimum atomic E-state index is -0.588. The number of imidazole rings is 1. The number of aromatic nitrogens is 6. The van der Waals surface area contributed by atoms with Crippen molar-refractivity contribution in [2.24, 2.45) is 0 Å². The van der Waals surface area contributed by atoms with Crippen molar-refractivity contribution in [1.82, 2.24) is 23.7 Å². The summed E-state index contributed by atoms with van der Waals surface area (Å²) in [4.78, 5) is 9.33. The van der Waals surface area contributed by atoms with Gasteiger partial charge in [0.2, 0.25) is 0 Å². The molecule has 5 aromatic heterocycles. The number of ether oxygens (including phenoxy) is 1. The topological polar surface area (TPSA) is 53.7 Å². The first kappa shape index (κ1) is 37.5. The smallest absolute Gasteiger partial charge is 0.268 e. The Balaban J connectivity index is 0.00000700. The molecule has 0 atom stereocenters. The van der Waals surface area contributed by atoms with Crippen LogP contribution in [0.2, 0.25) is 0 Å². The monoisotopic (exact) mass is 1180 g/mol. The van der Waals surface area contributed by atoms with Gasteiger partial charge >= 0.3 is 0 Å². The molecule has 0 spiro atoms. The number of fused-ring (bicyclic) bond motifs is 7. The second-order valence-electron chi connectivity index (χ2n) is 19.6. The van der Waals surface area contributed by atoms with Crippen LogP contribution in [0.1, 0.15) is 40.0 Å². The summed E-state index contributed by atoms with van der Waals surface area (Å²) >= 11 is 0. The zero-order valence-corrected chi connectivity index (χ0v) is 43.9. The molecule has 5 heterocycles. The fraction of sp³-hybridized carbons (Fsp3) is 0.0580. The van der Waals surface area contributed by atoms with Crippen molar-refractivity contribution in [3.05, 3.63) is 261 Å². The zero-order chi connectivity index (χ0) is 59.6. The Morgan fingerprint density at radius 2 is 1.21 bits per heavy atom. The maximum Gasteiger partial charge on any atom is 0.268 e. The van der Waals surface area contributed by atoms with Crippen molar-refractivity contribution in [1.29, 1.82) is 0 Å². The van der Waals surface area contributed by atoms with Gasteiger partial charge in [-0.2, -0.15) is 18.2 Å². The van der Waals surface area contributed by atoms with Crippen LogP contribution in [0.4, 0.5) is 0 Å². The van der Waals surface area contributed by atoms with Crippen molar-refractivity contribution < 1.29 is 44.1 Å². The number of hydrogen-bond donors (Lipinski definition) is 0. The van der Waals surface area contributed by atoms with Crippen molar-refractivity contribution in [2.75, 3.05) is 0 Å². The molecule has 0 amide bonds. The van der Waals surface area contributed by atoms with Gasteiger partial charge in [0.1, 0.15) is 5.82 Å². The predicted molar refractivity (Wildman–Crippen MR) is 307 cm³/mol. The van der Waals surface area contributed by atoms with Gasteiger partial charge in [0, 0.05) is 73.1 Å². The van der Waals surface area contributed by atoms with E-state index in [9.17, 15) is 5.48 Å². The number of hydrogen-bond acceptors (Lipinski definition) is 3. The third-order valence-electron chi connectivity index (χ3n) is 14.0. The minimum Gasteiger partial charge on any atom is -0.510 e. The van der Waals surface area contributed by atoms with Crippen LogP contribution in [0.3, 0.4) is 0 Å². The van der Waals surface area contributed by atoms with Gasteiger partial charge in [0.15, 0.2) is 0 Å². The maximum atomic E-state index is 9.21. The second-order valence-corrected chi connectivity index (χ2v) is 19.6. The first-order valence-electron chi connectivity index (χ1n) is 29.8. The Kier molecular flexibility index (Phi) is 9.36. The van der Waals surface area contributed by atoms with Crippen LogP contribution in [0, 0.1) is 18.5 Å². The second kappa shape index (κ2) is 19.2. The molecule has 372 valence electrons. The van der Waals surface area contributed by atoms with Gasteiger partial charge in [-0.3, -0.25) is 9.55 Å². The number of nitrogens with zero attached hydrogens (tertiary/aromatic N) is 6. The minimum absolute atomic E-state index is 0. The molecule has 9 aromatic carbocycles. The van der Waals surface area contributed by atoms with E-state index in [1.54, 1.807) is 45.8 Å². The van der Waals surface area contributed by atoms with E-state index in [4.69, 9.17) is 17.9 Å². The van der Waals surface area contributed by atoms with E-state index in [2.05, 4.69) is 126 Å². The van der Waals surface area contributed by atoms with Gasteiger partial charge in [-0.05, 0) is 110 Å². The summed E-state index contributed by atoms with van der Waals surface area (Å²) in [7, 11) is 0. The van der Waals surface area contributed by atoms with E-state index in [-0.39, 0.29) is 54.4 Å². The fourth-order valence-corrected chi connectivity index (χ4v) is 10.4. The van der Waals surface area contributed by atoms with Crippen LogP contribution >= 0.6 is 0 Å². The van der Waals surface area contributed by atoms with E-state index < -0.39 is 60.4 Å². The quantitative estimate of drug-likeness (QED) is 0.107. The summed E-state index contributed by atoms with van der Waals surface area (Å²) < 4.78 is 103. The Hall–Kier alpha value is -9.16. The van der Waals surface area contributed by atoms with E-state index >= 15 is 0 Å². The molecular weight excluding hydrogens is 1120 g/mol. The van der Waals surface area contributed by atoms with Crippen molar-refractivity contribution >= 4 is 54.6 Å². The summed E-state index contributed by atoms with van der Waals surface area (Å²) in [5, 5.41) is 4.27. The van der Waals surface area contributed by atoms with Crippen LogP contribution in [-0.2, 0) is 26.5 Å². The number of benzene rings is 9. The zero-order valence-electron chi connectivity index (χ0n) is 51.7. The first-order chi connectivity index (χ1) is 41.5. The largest absolute Gasteiger partial charge is 0.510 e. The number of pyridine rings is 2. The Labute approximate surface area is 474 Å². The third kappa shape index (κ3) is 8.31. The maximum absolute atomic E-state index is 9.21. The van der Waals surface area contributed by atoms with Gasteiger partial charge in [-0.25, -0.2) is 4.98 Å². The van der Waals surface area contributed by atoms with E-state index in [1.165, 1.54) is 10.8 Å². The number of rotatable bonds is 9. The van der Waals surface area contributed by atoms with Gasteiger partial charge in [0.25, 0.3) is 6.33 Å².